The van der Waals surface area contributed by atoms with Gasteiger partial charge >= 0.3 is 0 Å². The fourth-order valence-corrected chi connectivity index (χ4v) is 2.02. The number of carbonyl (C=O) groups is 1. The summed E-state index contributed by atoms with van der Waals surface area (Å²) in [7, 11) is 0. The van der Waals surface area contributed by atoms with E-state index in [0.717, 1.165) is 15.6 Å². The van der Waals surface area contributed by atoms with E-state index in [1.165, 1.54) is 0 Å². The molecule has 0 atom stereocenters. The number of pyridine rings is 1. The van der Waals surface area contributed by atoms with Gasteiger partial charge in [-0.25, -0.2) is 4.98 Å². The second-order valence-corrected chi connectivity index (χ2v) is 5.48. The Balaban J connectivity index is 2.25. The molecular weight excluding hydrogens is 328 g/mol. The van der Waals surface area contributed by atoms with Crippen molar-refractivity contribution in [2.75, 3.05) is 5.32 Å². The Bertz CT molecular complexity index is 643. The van der Waals surface area contributed by atoms with Crippen LogP contribution in [-0.2, 0) is 0 Å². The lowest BCUT2D eigenvalue weighted by atomic mass is 10.1. The molecule has 0 radical (unpaired) electrons. The van der Waals surface area contributed by atoms with Crippen LogP contribution in [0.25, 0.3) is 0 Å². The largest absolute Gasteiger partial charge is 0.319 e. The van der Waals surface area contributed by atoms with Gasteiger partial charge in [-0.05, 0) is 49.2 Å². The molecule has 19 heavy (non-hydrogen) atoms. The van der Waals surface area contributed by atoms with Crippen molar-refractivity contribution in [3.8, 4) is 0 Å². The van der Waals surface area contributed by atoms with Crippen molar-refractivity contribution >= 4 is 39.1 Å². The fourth-order valence-electron chi connectivity index (χ4n) is 1.62. The number of aryl methyl sites for hydroxylation is 2. The van der Waals surface area contributed by atoms with E-state index < -0.39 is 0 Å². The topological polar surface area (TPSA) is 42.0 Å². The molecule has 3 nitrogen and oxygen atoms in total. The first-order valence-electron chi connectivity index (χ1n) is 5.67. The van der Waals surface area contributed by atoms with E-state index in [4.69, 9.17) is 11.6 Å². The molecule has 0 fully saturated rings. The van der Waals surface area contributed by atoms with Crippen LogP contribution in [0.2, 0.25) is 5.15 Å². The van der Waals surface area contributed by atoms with Crippen molar-refractivity contribution in [1.82, 2.24) is 4.98 Å². The van der Waals surface area contributed by atoms with Crippen molar-refractivity contribution in [2.45, 2.75) is 13.8 Å². The number of hydrogen-bond donors (Lipinski definition) is 1. The number of aromatic nitrogens is 1. The van der Waals surface area contributed by atoms with Gasteiger partial charge in [0.1, 0.15) is 0 Å². The predicted octanol–water partition coefficient (Wildman–Crippen LogP) is 4.37. The lowest BCUT2D eigenvalue weighted by Gasteiger charge is -2.08. The monoisotopic (exact) mass is 338 g/mol. The van der Waals surface area contributed by atoms with Gasteiger partial charge in [-0.2, -0.15) is 0 Å². The van der Waals surface area contributed by atoms with E-state index in [-0.39, 0.29) is 11.1 Å². The van der Waals surface area contributed by atoms with Crippen molar-refractivity contribution in [2.24, 2.45) is 0 Å². The third kappa shape index (κ3) is 3.33. The molecule has 0 aliphatic heterocycles. The molecule has 1 aromatic heterocycles. The zero-order chi connectivity index (χ0) is 14.0. The van der Waals surface area contributed by atoms with Gasteiger partial charge in [0, 0.05) is 16.2 Å². The summed E-state index contributed by atoms with van der Waals surface area (Å²) in [4.78, 5) is 16.1. The quantitative estimate of drug-likeness (QED) is 0.826. The fraction of sp³-hybridized carbons (Fsp3) is 0.143. The molecule has 0 spiro atoms. The van der Waals surface area contributed by atoms with Crippen LogP contribution in [0.15, 0.2) is 34.9 Å². The molecular formula is C14H12BrClN2O. The average molecular weight is 340 g/mol. The maximum Gasteiger partial charge on any atom is 0.255 e. The molecule has 0 saturated heterocycles. The van der Waals surface area contributed by atoms with Crippen molar-refractivity contribution < 1.29 is 4.79 Å². The van der Waals surface area contributed by atoms with Gasteiger partial charge in [0.2, 0.25) is 0 Å². The summed E-state index contributed by atoms with van der Waals surface area (Å²) in [6.07, 6.45) is 1.65. The van der Waals surface area contributed by atoms with E-state index in [1.54, 1.807) is 18.3 Å². The van der Waals surface area contributed by atoms with E-state index in [2.05, 4.69) is 26.2 Å². The maximum absolute atomic E-state index is 12.1. The molecule has 0 unspecified atom stereocenters. The normalized spacial score (nSPS) is 10.3. The number of halogens is 2. The van der Waals surface area contributed by atoms with Gasteiger partial charge in [0.05, 0.1) is 5.69 Å². The van der Waals surface area contributed by atoms with Crippen LogP contribution >= 0.6 is 27.5 Å². The van der Waals surface area contributed by atoms with E-state index in [0.29, 0.717) is 11.3 Å². The van der Waals surface area contributed by atoms with Crippen LogP contribution in [0.5, 0.6) is 0 Å². The summed E-state index contributed by atoms with van der Waals surface area (Å²) in [5, 5.41) is 3.05. The Morgan fingerprint density at radius 2 is 2.05 bits per heavy atom. The third-order valence-corrected chi connectivity index (χ3v) is 3.84. The molecule has 1 N–H and O–H groups in total. The molecule has 2 aromatic rings. The Kier molecular flexibility index (Phi) is 4.22. The maximum atomic E-state index is 12.1. The molecule has 0 aliphatic carbocycles. The first kappa shape index (κ1) is 14.0. The first-order valence-corrected chi connectivity index (χ1v) is 6.84. The molecule has 0 bridgehead atoms. The first-order chi connectivity index (χ1) is 8.97. The van der Waals surface area contributed by atoms with Gasteiger partial charge in [0.15, 0.2) is 5.15 Å². The highest BCUT2D eigenvalue weighted by Crippen LogP contribution is 2.22. The van der Waals surface area contributed by atoms with Crippen molar-refractivity contribution in [3.05, 3.63) is 56.8 Å². The van der Waals surface area contributed by atoms with Crippen LogP contribution in [0, 0.1) is 13.8 Å². The zero-order valence-corrected chi connectivity index (χ0v) is 12.8. The van der Waals surface area contributed by atoms with Gasteiger partial charge in [-0.3, -0.25) is 4.79 Å². The highest BCUT2D eigenvalue weighted by molar-refractivity contribution is 9.10. The highest BCUT2D eigenvalue weighted by Gasteiger charge is 2.10. The second-order valence-electron chi connectivity index (χ2n) is 4.27. The van der Waals surface area contributed by atoms with Crippen LogP contribution in [0.4, 0.5) is 5.69 Å². The number of hydrogen-bond acceptors (Lipinski definition) is 2. The SMILES string of the molecule is Cc1cnc(Cl)c(NC(=O)c2ccc(Br)c(C)c2)c1. The van der Waals surface area contributed by atoms with Crippen LogP contribution in [0.1, 0.15) is 21.5 Å². The number of rotatable bonds is 2. The average Bonchev–Trinajstić information content (AvgIpc) is 2.37. The van der Waals surface area contributed by atoms with E-state index in [9.17, 15) is 4.79 Å². The minimum atomic E-state index is -0.204. The van der Waals surface area contributed by atoms with Gasteiger partial charge in [0.25, 0.3) is 5.91 Å². The lowest BCUT2D eigenvalue weighted by Crippen LogP contribution is -2.12. The minimum Gasteiger partial charge on any atom is -0.319 e. The molecule has 5 heteroatoms. The van der Waals surface area contributed by atoms with E-state index >= 15 is 0 Å². The summed E-state index contributed by atoms with van der Waals surface area (Å²) in [5.74, 6) is -0.204. The van der Waals surface area contributed by atoms with Gasteiger partial charge < -0.3 is 5.32 Å². The molecule has 0 saturated carbocycles. The Hall–Kier alpha value is -1.39. The number of nitrogens with zero attached hydrogens (tertiary/aromatic N) is 1. The predicted molar refractivity (Wildman–Crippen MR) is 80.8 cm³/mol. The summed E-state index contributed by atoms with van der Waals surface area (Å²) in [5.41, 5.74) is 3.04. The minimum absolute atomic E-state index is 0.204. The number of amides is 1. The summed E-state index contributed by atoms with van der Waals surface area (Å²) >= 11 is 9.35. The molecule has 0 aliphatic rings. The second kappa shape index (κ2) is 5.72. The number of nitrogens with one attached hydrogen (secondary N) is 1. The van der Waals surface area contributed by atoms with Crippen molar-refractivity contribution in [3.63, 3.8) is 0 Å². The standard InChI is InChI=1S/C14H12BrClN2O/c1-8-5-12(13(16)17-7-8)18-14(19)10-3-4-11(15)9(2)6-10/h3-7H,1-2H3,(H,18,19). The van der Waals surface area contributed by atoms with Crippen molar-refractivity contribution in [1.29, 1.82) is 0 Å². The Labute approximate surface area is 125 Å². The molecule has 98 valence electrons. The highest BCUT2D eigenvalue weighted by atomic mass is 79.9. The summed E-state index contributed by atoms with van der Waals surface area (Å²) < 4.78 is 0.972. The van der Waals surface area contributed by atoms with Gasteiger partial charge in [-0.1, -0.05) is 27.5 Å². The molecule has 1 aromatic carbocycles. The van der Waals surface area contributed by atoms with Crippen LogP contribution in [0.3, 0.4) is 0 Å². The summed E-state index contributed by atoms with van der Waals surface area (Å²) in [6.45, 7) is 3.82. The Morgan fingerprint density at radius 3 is 2.74 bits per heavy atom. The van der Waals surface area contributed by atoms with E-state index in [1.807, 2.05) is 26.0 Å². The third-order valence-electron chi connectivity index (χ3n) is 2.64. The summed E-state index contributed by atoms with van der Waals surface area (Å²) in [6, 6.07) is 7.21. The van der Waals surface area contributed by atoms with Gasteiger partial charge in [-0.15, -0.1) is 0 Å². The molecule has 1 amide bonds. The molecule has 2 rings (SSSR count). The number of anilines is 1. The lowest BCUT2D eigenvalue weighted by molar-refractivity contribution is 0.102. The number of benzene rings is 1. The smallest absolute Gasteiger partial charge is 0.255 e. The zero-order valence-electron chi connectivity index (χ0n) is 10.5. The Morgan fingerprint density at radius 1 is 1.32 bits per heavy atom. The molecule has 1 heterocycles. The van der Waals surface area contributed by atoms with Crippen LogP contribution in [-0.4, -0.2) is 10.9 Å². The number of carbonyl (C=O) groups excluding carboxylic acids is 1. The van der Waals surface area contributed by atoms with Crippen LogP contribution < -0.4 is 5.32 Å².